The summed E-state index contributed by atoms with van der Waals surface area (Å²) >= 11 is 1.95. The van der Waals surface area contributed by atoms with Gasteiger partial charge in [0, 0.05) is 5.25 Å². The number of benzene rings is 1. The zero-order chi connectivity index (χ0) is 8.81. The van der Waals surface area contributed by atoms with E-state index in [1.54, 1.807) is 0 Å². The van der Waals surface area contributed by atoms with E-state index in [2.05, 4.69) is 43.5 Å². The highest BCUT2D eigenvalue weighted by molar-refractivity contribution is 7.98. The first-order chi connectivity index (χ1) is 5.88. The molecule has 1 aromatic carbocycles. The Bertz CT molecular complexity index is 206. The van der Waals surface area contributed by atoms with Gasteiger partial charge >= 0.3 is 0 Å². The Kier molecular flexibility index (Phi) is 4.23. The molecule has 0 heterocycles. The third kappa shape index (κ3) is 2.56. The Balaban J connectivity index is 2.66. The van der Waals surface area contributed by atoms with Crippen LogP contribution in [0.4, 0.5) is 0 Å². The van der Waals surface area contributed by atoms with Crippen LogP contribution < -0.4 is 0 Å². The summed E-state index contributed by atoms with van der Waals surface area (Å²) in [6.45, 7) is 2.24. The van der Waals surface area contributed by atoms with Gasteiger partial charge in [0.1, 0.15) is 0 Å². The lowest BCUT2D eigenvalue weighted by Gasteiger charge is -2.12. The topological polar surface area (TPSA) is 0 Å². The van der Waals surface area contributed by atoms with Gasteiger partial charge in [-0.25, -0.2) is 0 Å². The second kappa shape index (κ2) is 5.26. The van der Waals surface area contributed by atoms with Crippen molar-refractivity contribution < 1.29 is 0 Å². The van der Waals surface area contributed by atoms with E-state index >= 15 is 0 Å². The summed E-state index contributed by atoms with van der Waals surface area (Å²) in [5, 5.41) is 0.691. The van der Waals surface area contributed by atoms with Gasteiger partial charge in [0.2, 0.25) is 0 Å². The Hall–Kier alpha value is -0.430. The fourth-order valence-electron chi connectivity index (χ4n) is 1.35. The van der Waals surface area contributed by atoms with E-state index in [4.69, 9.17) is 0 Å². The first-order valence-electron chi connectivity index (χ1n) is 4.46. The van der Waals surface area contributed by atoms with Crippen molar-refractivity contribution >= 4 is 11.8 Å². The van der Waals surface area contributed by atoms with E-state index in [0.29, 0.717) is 5.25 Å². The molecule has 1 rings (SSSR count). The zero-order valence-corrected chi connectivity index (χ0v) is 8.60. The molecule has 0 spiro atoms. The normalized spacial score (nSPS) is 12.8. The number of hydrogen-bond donors (Lipinski definition) is 0. The van der Waals surface area contributed by atoms with Crippen LogP contribution in [-0.2, 0) is 0 Å². The molecule has 0 amide bonds. The van der Waals surface area contributed by atoms with Crippen LogP contribution in [0.1, 0.15) is 30.6 Å². The molecule has 0 saturated heterocycles. The van der Waals surface area contributed by atoms with Gasteiger partial charge in [-0.3, -0.25) is 0 Å². The molecule has 12 heavy (non-hydrogen) atoms. The minimum absolute atomic E-state index is 0.691. The standard InChI is InChI=1S/C11H16S/c1-3-7-11(12-2)10-8-5-4-6-9-10/h4-6,8-9,11H,3,7H2,1-2H3. The predicted octanol–water partition coefficient (Wildman–Crippen LogP) is 3.89. The van der Waals surface area contributed by atoms with Crippen molar-refractivity contribution in [1.29, 1.82) is 0 Å². The number of hydrogen-bond acceptors (Lipinski definition) is 1. The van der Waals surface area contributed by atoms with E-state index in [9.17, 15) is 0 Å². The minimum Gasteiger partial charge on any atom is -0.157 e. The molecule has 0 fully saturated rings. The molecule has 0 nitrogen and oxygen atoms in total. The number of thioether (sulfide) groups is 1. The Morgan fingerprint density at radius 1 is 1.25 bits per heavy atom. The van der Waals surface area contributed by atoms with Crippen molar-refractivity contribution in [1.82, 2.24) is 0 Å². The van der Waals surface area contributed by atoms with E-state index in [1.807, 2.05) is 11.8 Å². The molecule has 1 aromatic rings. The van der Waals surface area contributed by atoms with Crippen LogP contribution >= 0.6 is 11.8 Å². The molecule has 0 bridgehead atoms. The summed E-state index contributed by atoms with van der Waals surface area (Å²) in [6, 6.07) is 10.8. The van der Waals surface area contributed by atoms with E-state index in [1.165, 1.54) is 18.4 Å². The first kappa shape index (κ1) is 9.66. The summed E-state index contributed by atoms with van der Waals surface area (Å²) in [5.41, 5.74) is 1.46. The van der Waals surface area contributed by atoms with Crippen LogP contribution in [0.15, 0.2) is 30.3 Å². The SMILES string of the molecule is CCCC(SC)c1ccccc1. The molecule has 0 aliphatic rings. The van der Waals surface area contributed by atoms with Gasteiger partial charge in [-0.05, 0) is 18.2 Å². The summed E-state index contributed by atoms with van der Waals surface area (Å²) < 4.78 is 0. The molecule has 0 N–H and O–H groups in total. The van der Waals surface area contributed by atoms with Crippen LogP contribution in [0.25, 0.3) is 0 Å². The van der Waals surface area contributed by atoms with Gasteiger partial charge in [-0.1, -0.05) is 43.7 Å². The fraction of sp³-hybridized carbons (Fsp3) is 0.455. The van der Waals surface area contributed by atoms with E-state index in [0.717, 1.165) is 0 Å². The average molecular weight is 180 g/mol. The summed E-state index contributed by atoms with van der Waals surface area (Å²) in [5.74, 6) is 0. The molecule has 0 saturated carbocycles. The van der Waals surface area contributed by atoms with Gasteiger partial charge in [-0.2, -0.15) is 11.8 Å². The minimum atomic E-state index is 0.691. The van der Waals surface area contributed by atoms with Crippen LogP contribution in [0, 0.1) is 0 Å². The first-order valence-corrected chi connectivity index (χ1v) is 5.75. The predicted molar refractivity (Wildman–Crippen MR) is 57.6 cm³/mol. The fourth-order valence-corrected chi connectivity index (χ4v) is 2.25. The lowest BCUT2D eigenvalue weighted by atomic mass is 10.1. The third-order valence-corrected chi connectivity index (χ3v) is 3.08. The van der Waals surface area contributed by atoms with Crippen molar-refractivity contribution in [3.8, 4) is 0 Å². The van der Waals surface area contributed by atoms with E-state index in [-0.39, 0.29) is 0 Å². The molecule has 0 aliphatic heterocycles. The smallest absolute Gasteiger partial charge is 0.0294 e. The molecule has 1 unspecified atom stereocenters. The van der Waals surface area contributed by atoms with Gasteiger partial charge in [-0.15, -0.1) is 0 Å². The monoisotopic (exact) mass is 180 g/mol. The maximum atomic E-state index is 2.24. The second-order valence-corrected chi connectivity index (χ2v) is 3.96. The van der Waals surface area contributed by atoms with Gasteiger partial charge in [0.05, 0.1) is 0 Å². The van der Waals surface area contributed by atoms with Crippen LogP contribution in [0.2, 0.25) is 0 Å². The average Bonchev–Trinajstić information content (AvgIpc) is 2.15. The summed E-state index contributed by atoms with van der Waals surface area (Å²) in [6.07, 6.45) is 4.74. The maximum absolute atomic E-state index is 2.24. The molecular weight excluding hydrogens is 164 g/mol. The lowest BCUT2D eigenvalue weighted by Crippen LogP contribution is -1.91. The molecule has 0 radical (unpaired) electrons. The van der Waals surface area contributed by atoms with Crippen molar-refractivity contribution in [2.75, 3.05) is 6.26 Å². The highest BCUT2D eigenvalue weighted by atomic mass is 32.2. The summed E-state index contributed by atoms with van der Waals surface area (Å²) in [7, 11) is 0. The molecule has 1 heteroatoms. The molecule has 1 atom stereocenters. The van der Waals surface area contributed by atoms with Crippen molar-refractivity contribution in [2.45, 2.75) is 25.0 Å². The molecule has 0 aromatic heterocycles. The largest absolute Gasteiger partial charge is 0.157 e. The van der Waals surface area contributed by atoms with Gasteiger partial charge < -0.3 is 0 Å². The van der Waals surface area contributed by atoms with Crippen LogP contribution in [0.3, 0.4) is 0 Å². The summed E-state index contributed by atoms with van der Waals surface area (Å²) in [4.78, 5) is 0. The molecule has 66 valence electrons. The second-order valence-electron chi connectivity index (χ2n) is 2.92. The lowest BCUT2D eigenvalue weighted by molar-refractivity contribution is 0.780. The molecule has 0 aliphatic carbocycles. The maximum Gasteiger partial charge on any atom is 0.0294 e. The van der Waals surface area contributed by atoms with E-state index < -0.39 is 0 Å². The third-order valence-electron chi connectivity index (χ3n) is 2.01. The van der Waals surface area contributed by atoms with Gasteiger partial charge in [0.25, 0.3) is 0 Å². The Labute approximate surface area is 79.4 Å². The van der Waals surface area contributed by atoms with Crippen molar-refractivity contribution in [3.05, 3.63) is 35.9 Å². The quantitative estimate of drug-likeness (QED) is 0.677. The van der Waals surface area contributed by atoms with Crippen molar-refractivity contribution in [2.24, 2.45) is 0 Å². The highest BCUT2D eigenvalue weighted by Crippen LogP contribution is 2.30. The zero-order valence-electron chi connectivity index (χ0n) is 7.79. The van der Waals surface area contributed by atoms with Gasteiger partial charge in [0.15, 0.2) is 0 Å². The Morgan fingerprint density at radius 3 is 2.42 bits per heavy atom. The molecular formula is C11H16S. The highest BCUT2D eigenvalue weighted by Gasteiger charge is 2.06. The Morgan fingerprint density at radius 2 is 1.92 bits per heavy atom. The number of rotatable bonds is 4. The van der Waals surface area contributed by atoms with Crippen molar-refractivity contribution in [3.63, 3.8) is 0 Å². The van der Waals surface area contributed by atoms with Crippen LogP contribution in [-0.4, -0.2) is 6.26 Å². The van der Waals surface area contributed by atoms with Crippen LogP contribution in [0.5, 0.6) is 0 Å².